The van der Waals surface area contributed by atoms with Crippen molar-refractivity contribution >= 4 is 17.7 Å². The predicted molar refractivity (Wildman–Crippen MR) is 106 cm³/mol. The molecule has 1 aromatic heterocycles. The fraction of sp³-hybridized carbons (Fsp3) is 0.381. The Morgan fingerprint density at radius 2 is 1.79 bits per heavy atom. The Balaban J connectivity index is 1.34. The third-order valence-electron chi connectivity index (χ3n) is 5.11. The highest BCUT2D eigenvalue weighted by Crippen LogP contribution is 2.10. The SMILES string of the molecule is C[C@@H](NC(=O)C(=O)NCC[NH+]1CCN(C(=O)c2ccco2)CC1)c1ccccc1. The lowest BCUT2D eigenvalue weighted by molar-refractivity contribution is -0.902. The average molecular weight is 399 g/mol. The van der Waals surface area contributed by atoms with Crippen molar-refractivity contribution in [3.63, 3.8) is 0 Å². The number of amides is 3. The van der Waals surface area contributed by atoms with Crippen LogP contribution in [0.3, 0.4) is 0 Å². The lowest BCUT2D eigenvalue weighted by Crippen LogP contribution is -3.15. The lowest BCUT2D eigenvalue weighted by Gasteiger charge is -2.31. The van der Waals surface area contributed by atoms with Gasteiger partial charge in [0.05, 0.1) is 51.6 Å². The lowest BCUT2D eigenvalue weighted by atomic mass is 10.1. The fourth-order valence-corrected chi connectivity index (χ4v) is 3.35. The van der Waals surface area contributed by atoms with Crippen LogP contribution in [-0.2, 0) is 9.59 Å². The Bertz CT molecular complexity index is 814. The third kappa shape index (κ3) is 5.68. The first kappa shape index (κ1) is 20.6. The summed E-state index contributed by atoms with van der Waals surface area (Å²) in [6.07, 6.45) is 1.49. The van der Waals surface area contributed by atoms with Gasteiger partial charge in [0.2, 0.25) is 0 Å². The van der Waals surface area contributed by atoms with Crippen LogP contribution in [0, 0.1) is 0 Å². The number of piperazine rings is 1. The molecule has 2 aromatic rings. The van der Waals surface area contributed by atoms with E-state index in [1.807, 2.05) is 37.3 Å². The molecule has 1 aliphatic heterocycles. The maximum absolute atomic E-state index is 12.3. The molecule has 1 aliphatic rings. The smallest absolute Gasteiger partial charge is 0.309 e. The highest BCUT2D eigenvalue weighted by atomic mass is 16.3. The summed E-state index contributed by atoms with van der Waals surface area (Å²) in [4.78, 5) is 39.4. The van der Waals surface area contributed by atoms with E-state index in [0.29, 0.717) is 31.9 Å². The maximum Gasteiger partial charge on any atom is 0.309 e. The molecular formula is C21H27N4O4+. The molecule has 0 aliphatic carbocycles. The van der Waals surface area contributed by atoms with Gasteiger partial charge in [-0.15, -0.1) is 0 Å². The molecule has 29 heavy (non-hydrogen) atoms. The molecule has 0 saturated carbocycles. The molecule has 0 unspecified atom stereocenters. The first-order chi connectivity index (χ1) is 14.0. The molecule has 1 fully saturated rings. The second kappa shape index (κ2) is 9.88. The maximum atomic E-state index is 12.3. The number of hydrogen-bond donors (Lipinski definition) is 3. The molecule has 3 amide bonds. The van der Waals surface area contributed by atoms with Gasteiger partial charge in [-0.25, -0.2) is 0 Å². The van der Waals surface area contributed by atoms with Gasteiger partial charge >= 0.3 is 11.8 Å². The van der Waals surface area contributed by atoms with Gasteiger partial charge in [-0.1, -0.05) is 30.3 Å². The van der Waals surface area contributed by atoms with E-state index >= 15 is 0 Å². The summed E-state index contributed by atoms with van der Waals surface area (Å²) in [7, 11) is 0. The number of rotatable bonds is 6. The molecule has 1 aromatic carbocycles. The van der Waals surface area contributed by atoms with Crippen LogP contribution >= 0.6 is 0 Å². The van der Waals surface area contributed by atoms with Crippen molar-refractivity contribution in [1.29, 1.82) is 0 Å². The molecule has 1 atom stereocenters. The minimum atomic E-state index is -0.634. The molecule has 8 nitrogen and oxygen atoms in total. The van der Waals surface area contributed by atoms with Crippen LogP contribution in [0.5, 0.6) is 0 Å². The standard InChI is InChI=1S/C21H26N4O4/c1-16(17-6-3-2-4-7-17)23-20(27)19(26)22-9-10-24-11-13-25(14-12-24)21(28)18-8-5-15-29-18/h2-8,15-16H,9-14H2,1H3,(H,22,26)(H,23,27)/p+1/t16-/m1/s1. The Labute approximate surface area is 169 Å². The van der Waals surface area contributed by atoms with Crippen LogP contribution in [0.1, 0.15) is 29.1 Å². The first-order valence-corrected chi connectivity index (χ1v) is 9.84. The zero-order valence-electron chi connectivity index (χ0n) is 16.5. The van der Waals surface area contributed by atoms with Crippen LogP contribution in [-0.4, -0.2) is 61.9 Å². The summed E-state index contributed by atoms with van der Waals surface area (Å²) in [6.45, 7) is 5.81. The van der Waals surface area contributed by atoms with Gasteiger partial charge in [-0.2, -0.15) is 0 Å². The van der Waals surface area contributed by atoms with Crippen LogP contribution in [0.15, 0.2) is 53.1 Å². The average Bonchev–Trinajstić information content (AvgIpc) is 3.29. The highest BCUT2D eigenvalue weighted by Gasteiger charge is 2.26. The number of benzene rings is 1. The number of hydrogen-bond acceptors (Lipinski definition) is 4. The van der Waals surface area contributed by atoms with E-state index in [0.717, 1.165) is 18.7 Å². The monoisotopic (exact) mass is 399 g/mol. The molecule has 8 heteroatoms. The fourth-order valence-electron chi connectivity index (χ4n) is 3.35. The first-order valence-electron chi connectivity index (χ1n) is 9.84. The van der Waals surface area contributed by atoms with E-state index in [1.54, 1.807) is 17.0 Å². The van der Waals surface area contributed by atoms with Gasteiger partial charge in [0, 0.05) is 0 Å². The molecule has 2 heterocycles. The molecular weight excluding hydrogens is 372 g/mol. The Morgan fingerprint density at radius 3 is 2.45 bits per heavy atom. The highest BCUT2D eigenvalue weighted by molar-refractivity contribution is 6.35. The van der Waals surface area contributed by atoms with Crippen LogP contribution < -0.4 is 15.5 Å². The van der Waals surface area contributed by atoms with Gasteiger partial charge in [0.15, 0.2) is 5.76 Å². The second-order valence-corrected chi connectivity index (χ2v) is 7.13. The van der Waals surface area contributed by atoms with E-state index in [2.05, 4.69) is 10.6 Å². The minimum Gasteiger partial charge on any atom is -0.459 e. The normalized spacial score (nSPS) is 15.6. The van der Waals surface area contributed by atoms with Gasteiger partial charge in [0.25, 0.3) is 5.91 Å². The van der Waals surface area contributed by atoms with Crippen LogP contribution in [0.2, 0.25) is 0 Å². The summed E-state index contributed by atoms with van der Waals surface area (Å²) in [5, 5.41) is 5.38. The zero-order valence-corrected chi connectivity index (χ0v) is 16.5. The summed E-state index contributed by atoms with van der Waals surface area (Å²) in [5.74, 6) is -0.993. The molecule has 1 saturated heterocycles. The van der Waals surface area contributed by atoms with Crippen LogP contribution in [0.25, 0.3) is 0 Å². The van der Waals surface area contributed by atoms with Crippen molar-refractivity contribution in [2.24, 2.45) is 0 Å². The second-order valence-electron chi connectivity index (χ2n) is 7.13. The van der Waals surface area contributed by atoms with E-state index in [-0.39, 0.29) is 11.9 Å². The van der Waals surface area contributed by atoms with Gasteiger partial charge in [0.1, 0.15) is 0 Å². The molecule has 0 spiro atoms. The van der Waals surface area contributed by atoms with Crippen LogP contribution in [0.4, 0.5) is 0 Å². The minimum absolute atomic E-state index is 0.0911. The van der Waals surface area contributed by atoms with Crippen molar-refractivity contribution in [1.82, 2.24) is 15.5 Å². The van der Waals surface area contributed by atoms with Crippen molar-refractivity contribution in [2.45, 2.75) is 13.0 Å². The van der Waals surface area contributed by atoms with E-state index < -0.39 is 11.8 Å². The molecule has 0 bridgehead atoms. The van der Waals surface area contributed by atoms with Gasteiger partial charge in [-0.3, -0.25) is 14.4 Å². The molecule has 0 radical (unpaired) electrons. The number of furan rings is 1. The molecule has 3 N–H and O–H groups in total. The number of quaternary nitrogens is 1. The van der Waals surface area contributed by atoms with E-state index in [9.17, 15) is 14.4 Å². The Morgan fingerprint density at radius 1 is 1.07 bits per heavy atom. The van der Waals surface area contributed by atoms with Crippen molar-refractivity contribution in [2.75, 3.05) is 39.3 Å². The van der Waals surface area contributed by atoms with Gasteiger partial charge in [-0.05, 0) is 24.6 Å². The predicted octanol–water partition coefficient (Wildman–Crippen LogP) is -0.386. The third-order valence-corrected chi connectivity index (χ3v) is 5.11. The Kier molecular flexibility index (Phi) is 7.02. The quantitative estimate of drug-likeness (QED) is 0.577. The summed E-state index contributed by atoms with van der Waals surface area (Å²) >= 11 is 0. The molecule has 3 rings (SSSR count). The van der Waals surface area contributed by atoms with Crippen molar-refractivity contribution in [3.05, 3.63) is 60.1 Å². The topological polar surface area (TPSA) is 96.1 Å². The van der Waals surface area contributed by atoms with Crippen molar-refractivity contribution in [3.8, 4) is 0 Å². The number of nitrogens with one attached hydrogen (secondary N) is 3. The summed E-state index contributed by atoms with van der Waals surface area (Å²) in [6, 6.07) is 12.6. The number of carbonyl (C=O) groups excluding carboxylic acids is 3. The van der Waals surface area contributed by atoms with E-state index in [1.165, 1.54) is 11.2 Å². The number of nitrogens with zero attached hydrogens (tertiary/aromatic N) is 1. The molecule has 154 valence electrons. The van der Waals surface area contributed by atoms with Gasteiger partial charge < -0.3 is 24.9 Å². The largest absolute Gasteiger partial charge is 0.459 e. The van der Waals surface area contributed by atoms with E-state index in [4.69, 9.17) is 4.42 Å². The Hall–Kier alpha value is -3.13. The summed E-state index contributed by atoms with van der Waals surface area (Å²) < 4.78 is 5.16. The number of carbonyl (C=O) groups is 3. The summed E-state index contributed by atoms with van der Waals surface area (Å²) in [5.41, 5.74) is 0.945. The van der Waals surface area contributed by atoms with Crippen molar-refractivity contribution < 1.29 is 23.7 Å². The zero-order chi connectivity index (χ0) is 20.6.